The van der Waals surface area contributed by atoms with Crippen LogP contribution in [0.25, 0.3) is 97.0 Å². The Bertz CT molecular complexity index is 3130. The van der Waals surface area contributed by atoms with Crippen LogP contribution in [0.3, 0.4) is 0 Å². The van der Waals surface area contributed by atoms with Crippen molar-refractivity contribution in [1.29, 1.82) is 5.26 Å². The number of H-pyrrole nitrogens is 2. The first kappa shape index (κ1) is 36.8. The van der Waals surface area contributed by atoms with Crippen molar-refractivity contribution in [3.8, 4) is 50.6 Å². The molecule has 0 radical (unpaired) electrons. The summed E-state index contributed by atoms with van der Waals surface area (Å²) < 4.78 is 0. The van der Waals surface area contributed by atoms with E-state index in [1.807, 2.05) is 61.6 Å². The maximum atomic E-state index is 12.4. The second kappa shape index (κ2) is 14.9. The number of nitrogens with one attached hydrogen (secondary N) is 2. The highest BCUT2D eigenvalue weighted by Crippen LogP contribution is 2.40. The number of aliphatic carboxylic acids is 1. The SMILES string of the molecule is Cc1ccc(-c2c3nc(c(-c4ccc(C)cc4)c4cc(/C=C(/C#N)C(=O)O)c([nH]4)c(-c4ccc(C)cc4)c4nc(c(-c5ccc(C)cc5)c5ccc2[nH]5)C=C4)C=C3)cc1. The summed E-state index contributed by atoms with van der Waals surface area (Å²) in [6.45, 7) is 8.25. The fraction of sp³-hybridized carbons (Fsp3) is 0.0769. The van der Waals surface area contributed by atoms with Gasteiger partial charge in [-0.05, 0) is 98.5 Å². The molecule has 0 atom stereocenters. The van der Waals surface area contributed by atoms with Crippen LogP contribution in [0.5, 0.6) is 0 Å². The molecule has 0 unspecified atom stereocenters. The molecule has 0 spiro atoms. The van der Waals surface area contributed by atoms with E-state index < -0.39 is 5.97 Å². The normalized spacial score (nSPS) is 12.2. The fourth-order valence-electron chi connectivity index (χ4n) is 7.82. The van der Waals surface area contributed by atoms with Gasteiger partial charge >= 0.3 is 5.97 Å². The second-order valence-corrected chi connectivity index (χ2v) is 15.2. The van der Waals surface area contributed by atoms with Gasteiger partial charge in [-0.3, -0.25) is 0 Å². The van der Waals surface area contributed by atoms with Gasteiger partial charge in [0.2, 0.25) is 0 Å². The molecule has 7 heteroatoms. The van der Waals surface area contributed by atoms with Crippen LogP contribution in [-0.2, 0) is 4.79 Å². The minimum atomic E-state index is -1.31. The number of benzene rings is 4. The van der Waals surface area contributed by atoms with Crippen molar-refractivity contribution in [3.05, 3.63) is 171 Å². The molecule has 0 fully saturated rings. The van der Waals surface area contributed by atoms with Crippen LogP contribution in [0.15, 0.2) is 121 Å². The average molecular weight is 766 g/mol. The number of hydrogen-bond acceptors (Lipinski definition) is 4. The molecule has 4 aromatic carbocycles. The minimum Gasteiger partial charge on any atom is -0.477 e. The van der Waals surface area contributed by atoms with Crippen molar-refractivity contribution in [2.75, 3.05) is 0 Å². The Labute approximate surface area is 342 Å². The second-order valence-electron chi connectivity index (χ2n) is 15.2. The summed E-state index contributed by atoms with van der Waals surface area (Å²) in [4.78, 5) is 30.7. The van der Waals surface area contributed by atoms with E-state index in [0.29, 0.717) is 22.3 Å². The Hall–Kier alpha value is -7.82. The van der Waals surface area contributed by atoms with Crippen LogP contribution in [0, 0.1) is 39.0 Å². The summed E-state index contributed by atoms with van der Waals surface area (Å²) in [6.07, 6.45) is 9.57. The first-order valence-corrected chi connectivity index (χ1v) is 19.5. The Kier molecular flexibility index (Phi) is 9.31. The van der Waals surface area contributed by atoms with Crippen molar-refractivity contribution in [1.82, 2.24) is 19.9 Å². The fourth-order valence-corrected chi connectivity index (χ4v) is 7.82. The molecule has 0 saturated carbocycles. The molecular formula is C52H39N5O2. The van der Waals surface area contributed by atoms with Gasteiger partial charge in [-0.25, -0.2) is 14.8 Å². The highest BCUT2D eigenvalue weighted by molar-refractivity contribution is 6.04. The van der Waals surface area contributed by atoms with Gasteiger partial charge in [0.25, 0.3) is 0 Å². The summed E-state index contributed by atoms with van der Waals surface area (Å²) in [7, 11) is 0. The third kappa shape index (κ3) is 6.98. The van der Waals surface area contributed by atoms with Crippen molar-refractivity contribution in [2.45, 2.75) is 27.7 Å². The van der Waals surface area contributed by atoms with Gasteiger partial charge in [0.05, 0.1) is 28.3 Å². The van der Waals surface area contributed by atoms with Crippen molar-refractivity contribution in [2.24, 2.45) is 0 Å². The van der Waals surface area contributed by atoms with E-state index in [0.717, 1.165) is 94.9 Å². The van der Waals surface area contributed by atoms with Gasteiger partial charge < -0.3 is 15.1 Å². The standard InChI is InChI=1S/C52H39N5O2/c1-30-5-13-34(14-6-30)47-40-21-22-41(54-40)48(35-15-7-31(2)8-16-35)43-25-26-45(56-43)50(37-19-11-33(4)12-20-37)51-38(27-39(29-53)52(58)59)28-46(57-51)49(44-24-23-42(47)55-44)36-17-9-32(3)10-18-36/h5-28,54,57H,1-4H3,(H,58,59)/b39-27-,47-40?,47-42?,48-41?,48-43?,49-44?,49-46?,50-45?,51-50?. The lowest BCUT2D eigenvalue weighted by Crippen LogP contribution is -1.97. The highest BCUT2D eigenvalue weighted by atomic mass is 16.4. The molecule has 59 heavy (non-hydrogen) atoms. The summed E-state index contributed by atoms with van der Waals surface area (Å²) in [6, 6.07) is 41.5. The molecule has 2 aliphatic rings. The number of carbonyl (C=O) groups is 1. The molecule has 0 aliphatic carbocycles. The number of aryl methyl sites for hydroxylation is 4. The lowest BCUT2D eigenvalue weighted by Gasteiger charge is -2.08. The van der Waals surface area contributed by atoms with Gasteiger partial charge in [-0.1, -0.05) is 119 Å². The molecule has 2 aliphatic heterocycles. The minimum absolute atomic E-state index is 0.387. The predicted molar refractivity (Wildman–Crippen MR) is 241 cm³/mol. The maximum Gasteiger partial charge on any atom is 0.346 e. The van der Waals surface area contributed by atoms with E-state index in [-0.39, 0.29) is 5.57 Å². The van der Waals surface area contributed by atoms with E-state index >= 15 is 0 Å². The van der Waals surface area contributed by atoms with E-state index in [1.165, 1.54) is 6.08 Å². The molecule has 3 N–H and O–H groups in total. The molecule has 5 heterocycles. The lowest BCUT2D eigenvalue weighted by atomic mass is 9.99. The molecule has 0 amide bonds. The van der Waals surface area contributed by atoms with Crippen molar-refractivity contribution >= 4 is 58.4 Å². The number of fused-ring (bicyclic) bond motifs is 8. The zero-order valence-corrected chi connectivity index (χ0v) is 33.1. The van der Waals surface area contributed by atoms with Crippen LogP contribution in [0.4, 0.5) is 0 Å². The van der Waals surface area contributed by atoms with Gasteiger partial charge in [0, 0.05) is 44.4 Å². The van der Waals surface area contributed by atoms with Gasteiger partial charge in [0.15, 0.2) is 0 Å². The molecule has 8 bridgehead atoms. The number of nitrogens with zero attached hydrogens (tertiary/aromatic N) is 3. The van der Waals surface area contributed by atoms with E-state index in [1.54, 1.807) is 0 Å². The summed E-state index contributed by atoms with van der Waals surface area (Å²) >= 11 is 0. The van der Waals surface area contributed by atoms with E-state index in [4.69, 9.17) is 9.97 Å². The van der Waals surface area contributed by atoms with E-state index in [9.17, 15) is 15.2 Å². The Balaban J connectivity index is 1.53. The molecule has 284 valence electrons. The lowest BCUT2D eigenvalue weighted by molar-refractivity contribution is -0.132. The summed E-state index contributed by atoms with van der Waals surface area (Å²) in [5.41, 5.74) is 18.0. The molecular weight excluding hydrogens is 727 g/mol. The number of nitriles is 1. The Morgan fingerprint density at radius 3 is 1.25 bits per heavy atom. The predicted octanol–water partition coefficient (Wildman–Crippen LogP) is 12.5. The molecule has 7 nitrogen and oxygen atoms in total. The van der Waals surface area contributed by atoms with Crippen LogP contribution in [0.2, 0.25) is 0 Å². The monoisotopic (exact) mass is 765 g/mol. The summed E-state index contributed by atoms with van der Waals surface area (Å²) in [5.74, 6) is -1.31. The largest absolute Gasteiger partial charge is 0.477 e. The molecule has 0 saturated heterocycles. The maximum absolute atomic E-state index is 12.4. The number of aromatic amines is 2. The number of carboxylic acids is 1. The average Bonchev–Trinajstić information content (AvgIpc) is 4.07. The Morgan fingerprint density at radius 1 is 0.525 bits per heavy atom. The van der Waals surface area contributed by atoms with Crippen molar-refractivity contribution in [3.63, 3.8) is 0 Å². The third-order valence-corrected chi connectivity index (χ3v) is 10.9. The van der Waals surface area contributed by atoms with Crippen LogP contribution < -0.4 is 0 Å². The molecule has 7 aromatic rings. The van der Waals surface area contributed by atoms with Gasteiger partial charge in [-0.2, -0.15) is 5.26 Å². The zero-order chi connectivity index (χ0) is 40.8. The quantitative estimate of drug-likeness (QED) is 0.115. The first-order chi connectivity index (χ1) is 28.6. The molecule has 3 aromatic heterocycles. The van der Waals surface area contributed by atoms with Gasteiger partial charge in [-0.15, -0.1) is 0 Å². The number of aromatic nitrogens is 4. The topological polar surface area (TPSA) is 118 Å². The van der Waals surface area contributed by atoms with Crippen LogP contribution >= 0.6 is 0 Å². The van der Waals surface area contributed by atoms with Crippen LogP contribution in [-0.4, -0.2) is 31.0 Å². The number of carboxylic acid groups (broad SMARTS) is 1. The zero-order valence-electron chi connectivity index (χ0n) is 33.1. The highest BCUT2D eigenvalue weighted by Gasteiger charge is 2.21. The Morgan fingerprint density at radius 2 is 0.881 bits per heavy atom. The van der Waals surface area contributed by atoms with Crippen LogP contribution in [0.1, 0.15) is 50.6 Å². The number of hydrogen-bond donors (Lipinski definition) is 3. The van der Waals surface area contributed by atoms with Gasteiger partial charge in [0.1, 0.15) is 11.6 Å². The summed E-state index contributed by atoms with van der Waals surface area (Å²) in [5, 5.41) is 20.1. The smallest absolute Gasteiger partial charge is 0.346 e. The van der Waals surface area contributed by atoms with Crippen molar-refractivity contribution < 1.29 is 9.90 Å². The third-order valence-electron chi connectivity index (χ3n) is 10.9. The number of rotatable bonds is 6. The first-order valence-electron chi connectivity index (χ1n) is 19.5. The molecule has 9 rings (SSSR count). The van der Waals surface area contributed by atoms with E-state index in [2.05, 4.69) is 122 Å².